The summed E-state index contributed by atoms with van der Waals surface area (Å²) in [5, 5.41) is 7.19. The molecule has 2 aromatic rings. The first-order valence-electron chi connectivity index (χ1n) is 10.2. The van der Waals surface area contributed by atoms with Gasteiger partial charge in [-0.15, -0.1) is 0 Å². The predicted molar refractivity (Wildman–Crippen MR) is 112 cm³/mol. The molecule has 2 aliphatic rings. The van der Waals surface area contributed by atoms with Gasteiger partial charge in [0.05, 0.1) is 17.6 Å². The van der Waals surface area contributed by atoms with Gasteiger partial charge in [0.25, 0.3) is 0 Å². The van der Waals surface area contributed by atoms with Crippen LogP contribution in [-0.2, 0) is 10.2 Å². The highest BCUT2D eigenvalue weighted by Gasteiger charge is 2.59. The summed E-state index contributed by atoms with van der Waals surface area (Å²) in [5.74, 6) is 0. The minimum atomic E-state index is -4.54. The maximum atomic E-state index is 13.4. The van der Waals surface area contributed by atoms with E-state index in [0.717, 1.165) is 22.4 Å². The number of halogens is 4. The highest BCUT2D eigenvalue weighted by atomic mass is 35.5. The van der Waals surface area contributed by atoms with E-state index in [4.69, 9.17) is 11.6 Å². The van der Waals surface area contributed by atoms with Crippen LogP contribution in [-0.4, -0.2) is 46.8 Å². The Kier molecular flexibility index (Phi) is 8.10. The van der Waals surface area contributed by atoms with Crippen molar-refractivity contribution in [2.24, 2.45) is 0 Å². The summed E-state index contributed by atoms with van der Waals surface area (Å²) in [6, 6.07) is 2.20. The zero-order valence-electron chi connectivity index (χ0n) is 17.8. The number of hydrogen-bond acceptors (Lipinski definition) is 4. The van der Waals surface area contributed by atoms with Crippen LogP contribution in [0.15, 0.2) is 12.3 Å². The molecule has 0 bridgehead atoms. The Bertz CT molecular complexity index is 851. The molecule has 3 heterocycles. The van der Waals surface area contributed by atoms with Crippen molar-refractivity contribution in [2.75, 3.05) is 18.5 Å². The first kappa shape index (κ1) is 24.4. The lowest BCUT2D eigenvalue weighted by Crippen LogP contribution is -2.44. The van der Waals surface area contributed by atoms with E-state index in [-0.39, 0.29) is 22.2 Å². The average molecular weight is 448 g/mol. The van der Waals surface area contributed by atoms with E-state index in [0.29, 0.717) is 6.41 Å². The van der Waals surface area contributed by atoms with Crippen LogP contribution in [0.2, 0.25) is 5.15 Å². The van der Waals surface area contributed by atoms with Gasteiger partial charge in [-0.2, -0.15) is 18.3 Å². The van der Waals surface area contributed by atoms with Crippen molar-refractivity contribution in [1.82, 2.24) is 19.9 Å². The number of nitrogens with zero attached hydrogens (tertiary/aromatic N) is 4. The number of amides is 1. The van der Waals surface area contributed by atoms with E-state index in [2.05, 4.69) is 22.4 Å². The SMILES string of the molecule is CC.CC1(C(F)(F)F)CN(C=O)c2cnc3cc(Cl)nn3c21.CNC1CCCCC1. The van der Waals surface area contributed by atoms with Crippen LogP contribution >= 0.6 is 11.6 Å². The first-order valence-corrected chi connectivity index (χ1v) is 10.6. The third-order valence-corrected chi connectivity index (χ3v) is 5.70. The Morgan fingerprint density at radius 1 is 1.27 bits per heavy atom. The Morgan fingerprint density at radius 2 is 1.90 bits per heavy atom. The fourth-order valence-corrected chi connectivity index (χ4v) is 4.01. The van der Waals surface area contributed by atoms with E-state index in [1.165, 1.54) is 44.4 Å². The standard InChI is InChI=1S/C11H8ClF3N4O.C7H15N.C2H6/c1-10(11(13,14)15)4-18(5-20)6-3-16-8-2-7(12)17-19(8)9(6)10;1-8-7-5-3-2-4-6-7;1-2/h2-3,5H,4H2,1H3;7-8H,2-6H2,1H3;1-2H3. The van der Waals surface area contributed by atoms with E-state index in [9.17, 15) is 18.0 Å². The van der Waals surface area contributed by atoms with E-state index in [1.54, 1.807) is 0 Å². The summed E-state index contributed by atoms with van der Waals surface area (Å²) in [6.45, 7) is 4.53. The number of carbonyl (C=O) groups excluding carboxylic acids is 1. The molecular weight excluding hydrogens is 419 g/mol. The summed E-state index contributed by atoms with van der Waals surface area (Å²) in [5.41, 5.74) is -2.06. The van der Waals surface area contributed by atoms with Crippen LogP contribution in [0.4, 0.5) is 18.9 Å². The number of alkyl halides is 3. The second-order valence-corrected chi connectivity index (χ2v) is 7.80. The summed E-state index contributed by atoms with van der Waals surface area (Å²) in [7, 11) is 2.07. The molecule has 1 aliphatic carbocycles. The first-order chi connectivity index (χ1) is 14.2. The Balaban J connectivity index is 0.000000269. The largest absolute Gasteiger partial charge is 0.401 e. The third kappa shape index (κ3) is 4.72. The van der Waals surface area contributed by atoms with Crippen molar-refractivity contribution < 1.29 is 18.0 Å². The third-order valence-electron chi connectivity index (χ3n) is 5.52. The van der Waals surface area contributed by atoms with Gasteiger partial charge in [-0.3, -0.25) is 4.79 Å². The number of rotatable bonds is 2. The van der Waals surface area contributed by atoms with Crippen LogP contribution in [0.25, 0.3) is 5.65 Å². The second-order valence-electron chi connectivity index (χ2n) is 7.42. The molecule has 10 heteroatoms. The number of aromatic nitrogens is 3. The molecule has 1 N–H and O–H groups in total. The van der Waals surface area contributed by atoms with Gasteiger partial charge in [0.15, 0.2) is 10.8 Å². The molecule has 1 saturated carbocycles. The highest BCUT2D eigenvalue weighted by Crippen LogP contribution is 2.49. The number of fused-ring (bicyclic) bond motifs is 3. The molecular formula is C20H29ClF3N5O. The van der Waals surface area contributed by atoms with E-state index < -0.39 is 18.1 Å². The topological polar surface area (TPSA) is 62.5 Å². The van der Waals surface area contributed by atoms with Crippen LogP contribution in [0, 0.1) is 0 Å². The number of nitrogens with one attached hydrogen (secondary N) is 1. The molecule has 4 rings (SSSR count). The van der Waals surface area contributed by atoms with Gasteiger partial charge in [0, 0.05) is 18.7 Å². The van der Waals surface area contributed by atoms with Crippen LogP contribution in [0.5, 0.6) is 0 Å². The molecule has 168 valence electrons. The summed E-state index contributed by atoms with van der Waals surface area (Å²) in [6.07, 6.45) is 4.18. The van der Waals surface area contributed by atoms with Crippen molar-refractivity contribution in [3.8, 4) is 0 Å². The molecule has 30 heavy (non-hydrogen) atoms. The fraction of sp³-hybridized carbons (Fsp3) is 0.650. The van der Waals surface area contributed by atoms with Gasteiger partial charge >= 0.3 is 6.18 Å². The number of hydrogen-bond donors (Lipinski definition) is 1. The maximum Gasteiger partial charge on any atom is 0.401 e. The van der Waals surface area contributed by atoms with Crippen molar-refractivity contribution >= 4 is 29.3 Å². The van der Waals surface area contributed by atoms with Crippen molar-refractivity contribution in [3.63, 3.8) is 0 Å². The van der Waals surface area contributed by atoms with Crippen LogP contribution in [0.3, 0.4) is 0 Å². The Labute approximate surface area is 179 Å². The minimum Gasteiger partial charge on any atom is -0.317 e. The Hall–Kier alpha value is -1.87. The normalized spacial score (nSPS) is 21.4. The molecule has 6 nitrogen and oxygen atoms in total. The van der Waals surface area contributed by atoms with Crippen molar-refractivity contribution in [3.05, 3.63) is 23.1 Å². The number of anilines is 1. The zero-order valence-corrected chi connectivity index (χ0v) is 18.5. The summed E-state index contributed by atoms with van der Waals surface area (Å²) >= 11 is 5.73. The molecule has 1 atom stereocenters. The smallest absolute Gasteiger partial charge is 0.317 e. The molecule has 0 saturated heterocycles. The van der Waals surface area contributed by atoms with Crippen LogP contribution < -0.4 is 10.2 Å². The molecule has 1 aliphatic heterocycles. The predicted octanol–water partition coefficient (Wildman–Crippen LogP) is 4.74. The van der Waals surface area contributed by atoms with Gasteiger partial charge in [0.2, 0.25) is 6.41 Å². The molecule has 2 aromatic heterocycles. The zero-order chi connectivity index (χ0) is 22.5. The summed E-state index contributed by atoms with van der Waals surface area (Å²) in [4.78, 5) is 15.9. The molecule has 0 spiro atoms. The van der Waals surface area contributed by atoms with Gasteiger partial charge in [-0.25, -0.2) is 9.50 Å². The van der Waals surface area contributed by atoms with Gasteiger partial charge in [-0.05, 0) is 26.8 Å². The Morgan fingerprint density at radius 3 is 2.40 bits per heavy atom. The quantitative estimate of drug-likeness (QED) is 0.675. The average Bonchev–Trinajstić information content (AvgIpc) is 3.27. The fourth-order valence-electron chi connectivity index (χ4n) is 3.83. The highest BCUT2D eigenvalue weighted by molar-refractivity contribution is 6.29. The van der Waals surface area contributed by atoms with Crippen LogP contribution in [0.1, 0.15) is 58.6 Å². The lowest BCUT2D eigenvalue weighted by molar-refractivity contribution is -0.181. The van der Waals surface area contributed by atoms with Gasteiger partial charge in [-0.1, -0.05) is 44.7 Å². The van der Waals surface area contributed by atoms with E-state index >= 15 is 0 Å². The lowest BCUT2D eigenvalue weighted by Gasteiger charge is -2.27. The van der Waals surface area contributed by atoms with Crippen molar-refractivity contribution in [1.29, 1.82) is 0 Å². The second kappa shape index (κ2) is 9.96. The molecule has 1 unspecified atom stereocenters. The van der Waals surface area contributed by atoms with E-state index in [1.807, 2.05) is 13.8 Å². The summed E-state index contributed by atoms with van der Waals surface area (Å²) < 4.78 is 41.3. The number of carbonyl (C=O) groups is 1. The maximum absolute atomic E-state index is 13.4. The molecule has 1 fully saturated rings. The van der Waals surface area contributed by atoms with Gasteiger partial charge in [0.1, 0.15) is 5.41 Å². The monoisotopic (exact) mass is 447 g/mol. The van der Waals surface area contributed by atoms with Gasteiger partial charge < -0.3 is 10.2 Å². The lowest BCUT2D eigenvalue weighted by atomic mass is 9.88. The van der Waals surface area contributed by atoms with Crippen molar-refractivity contribution in [2.45, 2.75) is 70.5 Å². The molecule has 0 aromatic carbocycles. The minimum absolute atomic E-state index is 0.0416. The molecule has 0 radical (unpaired) electrons. The molecule has 1 amide bonds.